The van der Waals surface area contributed by atoms with Gasteiger partial charge in [0, 0.05) is 44.3 Å². The van der Waals surface area contributed by atoms with E-state index in [4.69, 9.17) is 4.99 Å². The molecule has 1 unspecified atom stereocenters. The van der Waals surface area contributed by atoms with Gasteiger partial charge in [-0.15, -0.1) is 24.0 Å². The van der Waals surface area contributed by atoms with Crippen LogP contribution in [0.5, 0.6) is 0 Å². The summed E-state index contributed by atoms with van der Waals surface area (Å²) in [4.78, 5) is 9.90. The van der Waals surface area contributed by atoms with Gasteiger partial charge in [-0.2, -0.15) is 5.10 Å². The molecule has 1 aliphatic heterocycles. The number of aliphatic imine (C=N–C) groups is 1. The number of halogens is 1. The average molecular weight is 474 g/mol. The van der Waals surface area contributed by atoms with Crippen LogP contribution in [0.25, 0.3) is 0 Å². The number of rotatable bonds is 5. The largest absolute Gasteiger partial charge is 0.357 e. The third-order valence-corrected chi connectivity index (χ3v) is 6.03. The third kappa shape index (κ3) is 4.71. The highest BCUT2D eigenvalue weighted by Crippen LogP contribution is 2.34. The van der Waals surface area contributed by atoms with Gasteiger partial charge in [0.25, 0.3) is 0 Å². The maximum absolute atomic E-state index is 5.07. The van der Waals surface area contributed by atoms with E-state index in [0.717, 1.165) is 32.1 Å². The van der Waals surface area contributed by atoms with Crippen LogP contribution >= 0.6 is 24.0 Å². The second kappa shape index (κ2) is 9.39. The summed E-state index contributed by atoms with van der Waals surface area (Å²) in [6.45, 7) is 6.08. The molecule has 0 radical (unpaired) electrons. The lowest BCUT2D eigenvalue weighted by Crippen LogP contribution is -2.46. The van der Waals surface area contributed by atoms with Crippen LogP contribution in [0.4, 0.5) is 0 Å². The Balaban J connectivity index is 0.00000243. The zero-order valence-electron chi connectivity index (χ0n) is 16.7. The lowest BCUT2D eigenvalue weighted by atomic mass is 9.96. The lowest BCUT2D eigenvalue weighted by molar-refractivity contribution is 0.167. The molecular formula is C19H35IN6. The fourth-order valence-corrected chi connectivity index (χ4v) is 4.30. The molecule has 1 atom stereocenters. The molecule has 2 fully saturated rings. The number of likely N-dealkylation sites (N-methyl/N-ethyl adjacent to an activating group) is 1. The molecule has 0 aromatic carbocycles. The Hall–Kier alpha value is -0.830. The van der Waals surface area contributed by atoms with Crippen molar-refractivity contribution in [2.24, 2.45) is 12.0 Å². The van der Waals surface area contributed by atoms with Crippen molar-refractivity contribution >= 4 is 29.9 Å². The maximum Gasteiger partial charge on any atom is 0.194 e. The van der Waals surface area contributed by atoms with Gasteiger partial charge in [-0.3, -0.25) is 9.67 Å². The second-order valence-corrected chi connectivity index (χ2v) is 7.87. The van der Waals surface area contributed by atoms with Crippen molar-refractivity contribution in [3.05, 3.63) is 18.0 Å². The zero-order valence-corrected chi connectivity index (χ0v) is 19.1. The van der Waals surface area contributed by atoms with E-state index in [1.807, 2.05) is 17.9 Å². The van der Waals surface area contributed by atoms with Gasteiger partial charge in [0.2, 0.25) is 0 Å². The van der Waals surface area contributed by atoms with Crippen LogP contribution in [0.15, 0.2) is 17.4 Å². The van der Waals surface area contributed by atoms with Gasteiger partial charge in [-0.05, 0) is 45.8 Å². The van der Waals surface area contributed by atoms with E-state index in [-0.39, 0.29) is 29.5 Å². The Morgan fingerprint density at radius 3 is 2.69 bits per heavy atom. The summed E-state index contributed by atoms with van der Waals surface area (Å²) in [5, 5.41) is 7.85. The van der Waals surface area contributed by atoms with Crippen LogP contribution in [-0.2, 0) is 7.05 Å². The molecule has 2 aliphatic rings. The fraction of sp³-hybridized carbons (Fsp3) is 0.789. The van der Waals surface area contributed by atoms with Gasteiger partial charge >= 0.3 is 0 Å². The Bertz CT molecular complexity index is 591. The first kappa shape index (κ1) is 21.5. The number of hydrogen-bond donors (Lipinski definition) is 1. The Kier molecular flexibility index (Phi) is 7.76. The highest BCUT2D eigenvalue weighted by Gasteiger charge is 2.36. The SMILES string of the molecule is CCNC(=NCC1(N(C)C)CCCC1)N1CCC(c2cnn(C)c2)C1.I. The summed E-state index contributed by atoms with van der Waals surface area (Å²) in [5.41, 5.74) is 1.60. The van der Waals surface area contributed by atoms with Crippen molar-refractivity contribution < 1.29 is 0 Å². The monoisotopic (exact) mass is 474 g/mol. The number of nitrogens with one attached hydrogen (secondary N) is 1. The normalized spacial score (nSPS) is 22.7. The summed E-state index contributed by atoms with van der Waals surface area (Å²) in [6, 6.07) is 0. The van der Waals surface area contributed by atoms with E-state index in [1.54, 1.807) is 0 Å². The number of nitrogens with zero attached hydrogens (tertiary/aromatic N) is 5. The maximum atomic E-state index is 5.07. The fourth-order valence-electron chi connectivity index (χ4n) is 4.30. The van der Waals surface area contributed by atoms with Crippen molar-refractivity contribution in [3.63, 3.8) is 0 Å². The van der Waals surface area contributed by atoms with Crippen molar-refractivity contribution in [3.8, 4) is 0 Å². The first-order chi connectivity index (χ1) is 12.0. The molecule has 0 spiro atoms. The molecule has 2 heterocycles. The molecule has 1 aromatic rings. The summed E-state index contributed by atoms with van der Waals surface area (Å²) in [6.07, 6.45) is 10.5. The van der Waals surface area contributed by atoms with Crippen molar-refractivity contribution in [1.82, 2.24) is 24.9 Å². The molecule has 1 saturated carbocycles. The van der Waals surface area contributed by atoms with Gasteiger partial charge < -0.3 is 15.1 Å². The Morgan fingerprint density at radius 2 is 2.12 bits per heavy atom. The minimum atomic E-state index is 0. The predicted molar refractivity (Wildman–Crippen MR) is 118 cm³/mol. The standard InChI is InChI=1S/C19H34N6.HI/c1-5-20-18(21-15-19(23(2)3)9-6-7-10-19)25-11-8-16(14-25)17-12-22-24(4)13-17;/h12-13,16H,5-11,14-15H2,1-4H3,(H,20,21);1H. The van der Waals surface area contributed by atoms with Crippen LogP contribution in [0, 0.1) is 0 Å². The molecule has 1 saturated heterocycles. The summed E-state index contributed by atoms with van der Waals surface area (Å²) in [7, 11) is 6.41. The Labute approximate surface area is 175 Å². The quantitative estimate of drug-likeness (QED) is 0.405. The Morgan fingerprint density at radius 1 is 1.38 bits per heavy atom. The van der Waals surface area contributed by atoms with Crippen molar-refractivity contribution in [1.29, 1.82) is 0 Å². The minimum Gasteiger partial charge on any atom is -0.357 e. The van der Waals surface area contributed by atoms with Gasteiger partial charge in [-0.25, -0.2) is 0 Å². The van der Waals surface area contributed by atoms with Gasteiger partial charge in [0.05, 0.1) is 12.7 Å². The molecule has 3 rings (SSSR count). The minimum absolute atomic E-state index is 0. The van der Waals surface area contributed by atoms with Gasteiger partial charge in [0.15, 0.2) is 5.96 Å². The van der Waals surface area contributed by atoms with Crippen LogP contribution < -0.4 is 5.32 Å². The summed E-state index contributed by atoms with van der Waals surface area (Å²) in [5.74, 6) is 1.65. The predicted octanol–water partition coefficient (Wildman–Crippen LogP) is 2.67. The molecule has 0 amide bonds. The third-order valence-electron chi connectivity index (χ3n) is 6.03. The van der Waals surface area contributed by atoms with E-state index in [9.17, 15) is 0 Å². The number of aromatic nitrogens is 2. The van der Waals surface area contributed by atoms with Crippen LogP contribution in [0.1, 0.15) is 50.5 Å². The van der Waals surface area contributed by atoms with Crippen LogP contribution in [0.3, 0.4) is 0 Å². The van der Waals surface area contributed by atoms with E-state index >= 15 is 0 Å². The molecule has 7 heteroatoms. The van der Waals surface area contributed by atoms with E-state index in [0.29, 0.717) is 5.92 Å². The summed E-state index contributed by atoms with van der Waals surface area (Å²) >= 11 is 0. The first-order valence-electron chi connectivity index (χ1n) is 9.73. The van der Waals surface area contributed by atoms with E-state index in [1.165, 1.54) is 37.7 Å². The molecule has 1 aromatic heterocycles. The second-order valence-electron chi connectivity index (χ2n) is 7.87. The number of guanidine groups is 1. The van der Waals surface area contributed by atoms with E-state index < -0.39 is 0 Å². The number of hydrogen-bond acceptors (Lipinski definition) is 3. The molecule has 148 valence electrons. The van der Waals surface area contributed by atoms with Crippen LogP contribution in [0.2, 0.25) is 0 Å². The first-order valence-corrected chi connectivity index (χ1v) is 9.73. The van der Waals surface area contributed by atoms with Crippen LogP contribution in [-0.4, -0.2) is 71.4 Å². The van der Waals surface area contributed by atoms with Gasteiger partial charge in [0.1, 0.15) is 0 Å². The number of likely N-dealkylation sites (tertiary alicyclic amines) is 1. The lowest BCUT2D eigenvalue weighted by Gasteiger charge is -2.35. The molecular weight excluding hydrogens is 439 g/mol. The molecule has 26 heavy (non-hydrogen) atoms. The molecule has 1 aliphatic carbocycles. The number of aryl methyl sites for hydroxylation is 1. The topological polar surface area (TPSA) is 48.7 Å². The van der Waals surface area contributed by atoms with Gasteiger partial charge in [-0.1, -0.05) is 12.8 Å². The highest BCUT2D eigenvalue weighted by molar-refractivity contribution is 14.0. The molecule has 1 N–H and O–H groups in total. The smallest absolute Gasteiger partial charge is 0.194 e. The van der Waals surface area contributed by atoms with Crippen molar-refractivity contribution in [2.45, 2.75) is 50.5 Å². The summed E-state index contributed by atoms with van der Waals surface area (Å²) < 4.78 is 1.90. The molecule has 0 bridgehead atoms. The zero-order chi connectivity index (χ0) is 17.9. The van der Waals surface area contributed by atoms with E-state index in [2.05, 4.69) is 47.4 Å². The average Bonchev–Trinajstić information content (AvgIpc) is 3.31. The highest BCUT2D eigenvalue weighted by atomic mass is 127. The van der Waals surface area contributed by atoms with Crippen molar-refractivity contribution in [2.75, 3.05) is 40.3 Å². The molecule has 6 nitrogen and oxygen atoms in total.